The van der Waals surface area contributed by atoms with Crippen LogP contribution in [0.1, 0.15) is 16.1 Å². The van der Waals surface area contributed by atoms with E-state index in [4.69, 9.17) is 22.1 Å². The van der Waals surface area contributed by atoms with E-state index in [1.807, 2.05) is 0 Å². The van der Waals surface area contributed by atoms with Gasteiger partial charge in [-0.15, -0.1) is 0 Å². The summed E-state index contributed by atoms with van der Waals surface area (Å²) in [6, 6.07) is 0. The molecule has 0 bridgehead atoms. The summed E-state index contributed by atoms with van der Waals surface area (Å²) in [7, 11) is 0. The minimum Gasteiger partial charge on any atom is -0.456 e. The largest absolute Gasteiger partial charge is 0.456 e. The summed E-state index contributed by atoms with van der Waals surface area (Å²) in [4.78, 5) is 11.3. The quantitative estimate of drug-likeness (QED) is 0.775. The third-order valence-electron chi connectivity index (χ3n) is 1.45. The van der Waals surface area contributed by atoms with Crippen LogP contribution in [0.4, 0.5) is 5.88 Å². The van der Waals surface area contributed by atoms with Crippen molar-refractivity contribution in [1.82, 2.24) is 5.16 Å². The molecular weight excluding hydrogens is 208 g/mol. The summed E-state index contributed by atoms with van der Waals surface area (Å²) in [6.07, 6.45) is 0. The normalized spacial score (nSPS) is 9.86. The lowest BCUT2D eigenvalue weighted by atomic mass is 10.2. The van der Waals surface area contributed by atoms with Gasteiger partial charge >= 0.3 is 5.97 Å². The van der Waals surface area contributed by atoms with Gasteiger partial charge in [-0.25, -0.2) is 4.79 Å². The van der Waals surface area contributed by atoms with Gasteiger partial charge in [0.2, 0.25) is 5.88 Å². The molecule has 1 aromatic rings. The molecule has 0 amide bonds. The Morgan fingerprint density at radius 3 is 2.86 bits per heavy atom. The molecule has 1 aromatic heterocycles. The number of carbonyl (C=O) groups excluding carboxylic acids is 1. The Bertz CT molecular complexity index is 353. The highest BCUT2D eigenvalue weighted by molar-refractivity contribution is 6.29. The summed E-state index contributed by atoms with van der Waals surface area (Å²) in [6.45, 7) is 4.90. The minimum absolute atomic E-state index is 0.0623. The molecule has 2 N–H and O–H groups in total. The van der Waals surface area contributed by atoms with Crippen molar-refractivity contribution in [3.8, 4) is 0 Å². The average molecular weight is 217 g/mol. The maximum atomic E-state index is 11.3. The van der Waals surface area contributed by atoms with E-state index < -0.39 is 5.97 Å². The van der Waals surface area contributed by atoms with Gasteiger partial charge in [-0.3, -0.25) is 0 Å². The SMILES string of the molecule is C=C(Cl)COC(=O)c1c(C)noc1N. The summed E-state index contributed by atoms with van der Waals surface area (Å²) in [5.74, 6) is -0.685. The number of nitrogens with zero attached hydrogens (tertiary/aromatic N) is 1. The minimum atomic E-state index is -0.622. The molecule has 0 aliphatic heterocycles. The van der Waals surface area contributed by atoms with Crippen LogP contribution >= 0.6 is 11.6 Å². The predicted octanol–water partition coefficient (Wildman–Crippen LogP) is 1.47. The van der Waals surface area contributed by atoms with E-state index in [9.17, 15) is 4.79 Å². The van der Waals surface area contributed by atoms with Gasteiger partial charge in [-0.1, -0.05) is 23.3 Å². The number of nitrogen functional groups attached to an aromatic ring is 1. The molecule has 0 unspecified atom stereocenters. The number of aromatic nitrogens is 1. The fourth-order valence-corrected chi connectivity index (χ4v) is 0.906. The van der Waals surface area contributed by atoms with Crippen LogP contribution < -0.4 is 5.73 Å². The molecule has 0 spiro atoms. The monoisotopic (exact) mass is 216 g/mol. The molecule has 1 rings (SSSR count). The maximum Gasteiger partial charge on any atom is 0.346 e. The van der Waals surface area contributed by atoms with E-state index >= 15 is 0 Å². The van der Waals surface area contributed by atoms with Gasteiger partial charge in [0.25, 0.3) is 0 Å². The lowest BCUT2D eigenvalue weighted by Crippen LogP contribution is -2.08. The molecule has 0 fully saturated rings. The van der Waals surface area contributed by atoms with E-state index in [0.717, 1.165) is 0 Å². The van der Waals surface area contributed by atoms with Gasteiger partial charge in [0.05, 0.1) is 5.69 Å². The number of halogens is 1. The summed E-state index contributed by atoms with van der Waals surface area (Å²) in [5.41, 5.74) is 5.87. The van der Waals surface area contributed by atoms with Crippen LogP contribution in [-0.4, -0.2) is 17.7 Å². The first-order valence-corrected chi connectivity index (χ1v) is 4.12. The highest BCUT2D eigenvalue weighted by Gasteiger charge is 2.19. The second-order valence-electron chi connectivity index (χ2n) is 2.60. The van der Waals surface area contributed by atoms with Crippen LogP contribution in [-0.2, 0) is 4.74 Å². The van der Waals surface area contributed by atoms with Crippen molar-refractivity contribution in [2.45, 2.75) is 6.92 Å². The van der Waals surface area contributed by atoms with E-state index in [1.165, 1.54) is 0 Å². The molecule has 0 aliphatic rings. The van der Waals surface area contributed by atoms with E-state index in [1.54, 1.807) is 6.92 Å². The summed E-state index contributed by atoms with van der Waals surface area (Å²) in [5, 5.41) is 3.74. The number of anilines is 1. The van der Waals surface area contributed by atoms with Gasteiger partial charge < -0.3 is 15.0 Å². The number of hydrogen-bond donors (Lipinski definition) is 1. The van der Waals surface area contributed by atoms with Crippen LogP contribution in [0.5, 0.6) is 0 Å². The number of aryl methyl sites for hydroxylation is 1. The van der Waals surface area contributed by atoms with E-state index in [0.29, 0.717) is 5.69 Å². The topological polar surface area (TPSA) is 78.3 Å². The number of carbonyl (C=O) groups is 1. The summed E-state index contributed by atoms with van der Waals surface area (Å²) < 4.78 is 9.35. The van der Waals surface area contributed by atoms with Crippen LogP contribution in [0.25, 0.3) is 0 Å². The fraction of sp³-hybridized carbons (Fsp3) is 0.250. The number of nitrogens with two attached hydrogens (primary N) is 1. The lowest BCUT2D eigenvalue weighted by molar-refractivity contribution is 0.0546. The molecule has 0 saturated carbocycles. The molecule has 1 heterocycles. The van der Waals surface area contributed by atoms with Crippen molar-refractivity contribution >= 4 is 23.5 Å². The van der Waals surface area contributed by atoms with Crippen molar-refractivity contribution in [3.05, 3.63) is 22.9 Å². The van der Waals surface area contributed by atoms with Gasteiger partial charge in [-0.05, 0) is 6.92 Å². The molecule has 0 atom stereocenters. The Labute approximate surface area is 85.5 Å². The first kappa shape index (κ1) is 10.6. The van der Waals surface area contributed by atoms with Gasteiger partial charge in [0, 0.05) is 5.03 Å². The highest BCUT2D eigenvalue weighted by atomic mass is 35.5. The Hall–Kier alpha value is -1.49. The van der Waals surface area contributed by atoms with Crippen molar-refractivity contribution in [2.24, 2.45) is 0 Å². The highest BCUT2D eigenvalue weighted by Crippen LogP contribution is 2.16. The van der Waals surface area contributed by atoms with Gasteiger partial charge in [-0.2, -0.15) is 0 Å². The molecule has 76 valence electrons. The van der Waals surface area contributed by atoms with Gasteiger partial charge in [0.1, 0.15) is 12.2 Å². The Morgan fingerprint density at radius 2 is 2.43 bits per heavy atom. The van der Waals surface area contributed by atoms with Crippen molar-refractivity contribution in [3.63, 3.8) is 0 Å². The van der Waals surface area contributed by atoms with Crippen molar-refractivity contribution in [1.29, 1.82) is 0 Å². The molecule has 0 aromatic carbocycles. The number of ether oxygens (including phenoxy) is 1. The first-order chi connectivity index (χ1) is 6.52. The molecule has 14 heavy (non-hydrogen) atoms. The summed E-state index contributed by atoms with van der Waals surface area (Å²) >= 11 is 5.42. The van der Waals surface area contributed by atoms with Crippen molar-refractivity contribution in [2.75, 3.05) is 12.3 Å². The average Bonchev–Trinajstić information content (AvgIpc) is 2.42. The Kier molecular flexibility index (Phi) is 3.14. The molecule has 5 nitrogen and oxygen atoms in total. The standard InChI is InChI=1S/C8H9ClN2O3/c1-4(9)3-13-8(12)6-5(2)11-14-7(6)10/h1,3,10H2,2H3. The maximum absolute atomic E-state index is 11.3. The molecule has 0 radical (unpaired) electrons. The van der Waals surface area contributed by atoms with E-state index in [-0.39, 0.29) is 23.1 Å². The molecule has 0 saturated heterocycles. The van der Waals surface area contributed by atoms with Crippen LogP contribution in [0.3, 0.4) is 0 Å². The Morgan fingerprint density at radius 1 is 1.79 bits per heavy atom. The van der Waals surface area contributed by atoms with Crippen LogP contribution in [0, 0.1) is 6.92 Å². The zero-order valence-corrected chi connectivity index (χ0v) is 8.30. The smallest absolute Gasteiger partial charge is 0.346 e. The van der Waals surface area contributed by atoms with Crippen LogP contribution in [0.2, 0.25) is 0 Å². The zero-order valence-electron chi connectivity index (χ0n) is 7.54. The number of esters is 1. The molecule has 6 heteroatoms. The van der Waals surface area contributed by atoms with Gasteiger partial charge in [0.15, 0.2) is 0 Å². The second kappa shape index (κ2) is 4.15. The van der Waals surface area contributed by atoms with Crippen LogP contribution in [0.15, 0.2) is 16.1 Å². The van der Waals surface area contributed by atoms with Crippen molar-refractivity contribution < 1.29 is 14.1 Å². The third kappa shape index (κ3) is 2.26. The predicted molar refractivity (Wildman–Crippen MR) is 50.9 cm³/mol. The third-order valence-corrected chi connectivity index (χ3v) is 1.56. The van der Waals surface area contributed by atoms with E-state index in [2.05, 4.69) is 16.3 Å². The Balaban J connectivity index is 2.74. The second-order valence-corrected chi connectivity index (χ2v) is 3.14. The zero-order chi connectivity index (χ0) is 10.7. The lowest BCUT2D eigenvalue weighted by Gasteiger charge is -2.01. The number of hydrogen-bond acceptors (Lipinski definition) is 5. The number of rotatable bonds is 3. The molecule has 0 aliphatic carbocycles. The first-order valence-electron chi connectivity index (χ1n) is 3.74. The fourth-order valence-electron chi connectivity index (χ4n) is 0.852. The molecular formula is C8H9ClN2O3.